The fourth-order valence-corrected chi connectivity index (χ4v) is 1.48. The zero-order chi connectivity index (χ0) is 14.8. The van der Waals surface area contributed by atoms with E-state index in [1.165, 1.54) is 0 Å². The van der Waals surface area contributed by atoms with Gasteiger partial charge < -0.3 is 15.3 Å². The van der Waals surface area contributed by atoms with Gasteiger partial charge in [-0.15, -0.1) is 0 Å². The number of hydrogen-bond donors (Lipinski definition) is 2. The number of carbonyl (C=O) groups is 2. The van der Waals surface area contributed by atoms with Crippen LogP contribution in [-0.4, -0.2) is 29.9 Å². The van der Waals surface area contributed by atoms with Crippen LogP contribution in [0.2, 0.25) is 0 Å². The molecule has 0 aliphatic heterocycles. The molecule has 0 unspecified atom stereocenters. The Balaban J connectivity index is 2.72. The summed E-state index contributed by atoms with van der Waals surface area (Å²) in [5.74, 6) is -0.851. The van der Waals surface area contributed by atoms with E-state index in [0.717, 1.165) is 11.8 Å². The highest BCUT2D eigenvalue weighted by molar-refractivity contribution is 6.31. The Morgan fingerprint density at radius 3 is 2.85 bits per heavy atom. The lowest BCUT2D eigenvalue weighted by Gasteiger charge is -2.05. The van der Waals surface area contributed by atoms with Crippen molar-refractivity contribution >= 4 is 29.9 Å². The molecule has 6 heteroatoms. The number of rotatable bonds is 6. The molecule has 2 N–H and O–H groups in total. The Labute approximate surface area is 116 Å². The standard InChI is InChI=1S/C14H16N2O4/c1-2-20-14(18)9-5-7-11-6-3-4-8-12(11)16-13(17)10-15-19/h3-8,10,19H,2,9H2,1H3,(H,16,17). The number of amides is 1. The van der Waals surface area contributed by atoms with Crippen molar-refractivity contribution in [2.45, 2.75) is 13.3 Å². The Hall–Kier alpha value is -2.63. The molecule has 106 valence electrons. The van der Waals surface area contributed by atoms with E-state index in [1.807, 2.05) is 0 Å². The highest BCUT2D eigenvalue weighted by Gasteiger charge is 2.03. The zero-order valence-corrected chi connectivity index (χ0v) is 11.1. The molecule has 20 heavy (non-hydrogen) atoms. The van der Waals surface area contributed by atoms with Gasteiger partial charge in [-0.3, -0.25) is 9.59 Å². The monoisotopic (exact) mass is 276 g/mol. The number of nitrogens with zero attached hydrogens (tertiary/aromatic N) is 1. The molecule has 0 aliphatic carbocycles. The van der Waals surface area contributed by atoms with Crippen LogP contribution in [0, 0.1) is 0 Å². The molecule has 0 saturated heterocycles. The Morgan fingerprint density at radius 1 is 1.40 bits per heavy atom. The van der Waals surface area contributed by atoms with Gasteiger partial charge in [0.1, 0.15) is 6.21 Å². The number of oxime groups is 1. The summed E-state index contributed by atoms with van der Waals surface area (Å²) in [6.45, 7) is 2.09. The summed E-state index contributed by atoms with van der Waals surface area (Å²) < 4.78 is 4.80. The van der Waals surface area contributed by atoms with E-state index in [9.17, 15) is 9.59 Å². The molecule has 1 rings (SSSR count). The van der Waals surface area contributed by atoms with Gasteiger partial charge in [0.2, 0.25) is 0 Å². The quantitative estimate of drug-likeness (QED) is 0.360. The largest absolute Gasteiger partial charge is 0.466 e. The predicted molar refractivity (Wildman–Crippen MR) is 75.6 cm³/mol. The average Bonchev–Trinajstić information content (AvgIpc) is 2.41. The molecule has 0 bridgehead atoms. The van der Waals surface area contributed by atoms with Gasteiger partial charge in [0.05, 0.1) is 13.0 Å². The Kier molecular flexibility index (Phi) is 6.53. The fraction of sp³-hybridized carbons (Fsp3) is 0.214. The van der Waals surface area contributed by atoms with E-state index < -0.39 is 5.91 Å². The van der Waals surface area contributed by atoms with Crippen LogP contribution in [0.1, 0.15) is 18.9 Å². The van der Waals surface area contributed by atoms with E-state index >= 15 is 0 Å². The first-order valence-corrected chi connectivity index (χ1v) is 6.07. The van der Waals surface area contributed by atoms with Crippen LogP contribution >= 0.6 is 0 Å². The topological polar surface area (TPSA) is 88.0 Å². The molecule has 0 aromatic heterocycles. The minimum atomic E-state index is -0.543. The van der Waals surface area contributed by atoms with E-state index in [4.69, 9.17) is 9.94 Å². The van der Waals surface area contributed by atoms with Gasteiger partial charge in [0.25, 0.3) is 5.91 Å². The lowest BCUT2D eigenvalue weighted by atomic mass is 10.1. The number of carbonyl (C=O) groups excluding carboxylic acids is 2. The maximum absolute atomic E-state index is 11.3. The van der Waals surface area contributed by atoms with Gasteiger partial charge in [0, 0.05) is 5.69 Å². The van der Waals surface area contributed by atoms with Gasteiger partial charge in [0.15, 0.2) is 0 Å². The minimum absolute atomic E-state index is 0.161. The number of hydrogen-bond acceptors (Lipinski definition) is 5. The summed E-state index contributed by atoms with van der Waals surface area (Å²) >= 11 is 0. The maximum atomic E-state index is 11.3. The van der Waals surface area contributed by atoms with Crippen molar-refractivity contribution < 1.29 is 19.5 Å². The number of esters is 1. The summed E-state index contributed by atoms with van der Waals surface area (Å²) in [5.41, 5.74) is 1.29. The van der Waals surface area contributed by atoms with Gasteiger partial charge in [-0.05, 0) is 18.6 Å². The van der Waals surface area contributed by atoms with Crippen LogP contribution in [-0.2, 0) is 14.3 Å². The molecular weight excluding hydrogens is 260 g/mol. The predicted octanol–water partition coefficient (Wildman–Crippen LogP) is 2.05. The van der Waals surface area contributed by atoms with Crippen LogP contribution in [0.5, 0.6) is 0 Å². The first-order valence-electron chi connectivity index (χ1n) is 6.07. The van der Waals surface area contributed by atoms with E-state index in [1.54, 1.807) is 43.3 Å². The zero-order valence-electron chi connectivity index (χ0n) is 11.1. The molecule has 0 saturated carbocycles. The molecule has 0 radical (unpaired) electrons. The van der Waals surface area contributed by atoms with Gasteiger partial charge >= 0.3 is 5.97 Å². The van der Waals surface area contributed by atoms with Crippen LogP contribution in [0.25, 0.3) is 6.08 Å². The first-order chi connectivity index (χ1) is 9.67. The number of anilines is 1. The second-order valence-electron chi connectivity index (χ2n) is 3.73. The fourth-order valence-electron chi connectivity index (χ4n) is 1.48. The van der Waals surface area contributed by atoms with Crippen molar-refractivity contribution in [1.29, 1.82) is 0 Å². The minimum Gasteiger partial charge on any atom is -0.466 e. The molecule has 0 spiro atoms. The summed E-state index contributed by atoms with van der Waals surface area (Å²) in [7, 11) is 0. The van der Waals surface area contributed by atoms with E-state index in [-0.39, 0.29) is 12.4 Å². The summed E-state index contributed by atoms with van der Waals surface area (Å²) in [6.07, 6.45) is 4.29. The number of ether oxygens (including phenoxy) is 1. The van der Waals surface area contributed by atoms with Crippen molar-refractivity contribution in [3.63, 3.8) is 0 Å². The molecule has 1 amide bonds. The molecule has 1 aromatic rings. The first kappa shape index (κ1) is 15.4. The Morgan fingerprint density at radius 2 is 2.15 bits per heavy atom. The highest BCUT2D eigenvalue weighted by atomic mass is 16.5. The highest BCUT2D eigenvalue weighted by Crippen LogP contribution is 2.16. The lowest BCUT2D eigenvalue weighted by molar-refractivity contribution is -0.142. The third-order valence-corrected chi connectivity index (χ3v) is 2.28. The molecule has 0 heterocycles. The van der Waals surface area contributed by atoms with Crippen LogP contribution < -0.4 is 5.32 Å². The van der Waals surface area contributed by atoms with Crippen molar-refractivity contribution in [2.75, 3.05) is 11.9 Å². The number of para-hydroxylation sites is 1. The molecule has 6 nitrogen and oxygen atoms in total. The van der Waals surface area contributed by atoms with Crippen LogP contribution in [0.3, 0.4) is 0 Å². The van der Waals surface area contributed by atoms with Crippen molar-refractivity contribution in [1.82, 2.24) is 0 Å². The molecule has 0 fully saturated rings. The Bertz CT molecular complexity index is 524. The summed E-state index contributed by atoms with van der Waals surface area (Å²) in [6, 6.07) is 7.05. The molecule has 0 atom stereocenters. The van der Waals surface area contributed by atoms with Crippen molar-refractivity contribution in [2.24, 2.45) is 5.16 Å². The van der Waals surface area contributed by atoms with Gasteiger partial charge in [-0.2, -0.15) is 0 Å². The van der Waals surface area contributed by atoms with Crippen molar-refractivity contribution in [3.8, 4) is 0 Å². The third-order valence-electron chi connectivity index (χ3n) is 2.28. The third kappa shape index (κ3) is 5.34. The summed E-state index contributed by atoms with van der Waals surface area (Å²) in [5, 5.41) is 13.5. The smallest absolute Gasteiger partial charge is 0.309 e. The molecular formula is C14H16N2O4. The number of nitrogens with one attached hydrogen (secondary N) is 1. The lowest BCUT2D eigenvalue weighted by Crippen LogP contribution is -2.13. The molecule has 1 aromatic carbocycles. The van der Waals surface area contributed by atoms with Crippen LogP contribution in [0.4, 0.5) is 5.69 Å². The number of benzene rings is 1. The second kappa shape index (κ2) is 8.47. The van der Waals surface area contributed by atoms with E-state index in [0.29, 0.717) is 12.3 Å². The summed E-state index contributed by atoms with van der Waals surface area (Å²) in [4.78, 5) is 22.5. The average molecular weight is 276 g/mol. The second-order valence-corrected chi connectivity index (χ2v) is 3.73. The van der Waals surface area contributed by atoms with Crippen LogP contribution in [0.15, 0.2) is 35.5 Å². The SMILES string of the molecule is CCOC(=O)CC=Cc1ccccc1NC(=O)C=NO. The maximum Gasteiger partial charge on any atom is 0.309 e. The van der Waals surface area contributed by atoms with Gasteiger partial charge in [-0.25, -0.2) is 0 Å². The van der Waals surface area contributed by atoms with E-state index in [2.05, 4.69) is 10.5 Å². The molecule has 0 aliphatic rings. The van der Waals surface area contributed by atoms with Gasteiger partial charge in [-0.1, -0.05) is 35.5 Å². The van der Waals surface area contributed by atoms with Crippen molar-refractivity contribution in [3.05, 3.63) is 35.9 Å². The normalized spacial score (nSPS) is 10.8.